The van der Waals surface area contributed by atoms with Gasteiger partial charge in [-0.25, -0.2) is 4.39 Å². The zero-order valence-electron chi connectivity index (χ0n) is 12.9. The molecular formula is C20H20FN. The normalized spacial score (nSPS) is 16.9. The topological polar surface area (TPSA) is 23.8 Å². The first-order chi connectivity index (χ1) is 10.7. The summed E-state index contributed by atoms with van der Waals surface area (Å²) in [6.45, 7) is 2.10. The summed E-state index contributed by atoms with van der Waals surface area (Å²) in [4.78, 5) is 0. The molecular weight excluding hydrogens is 273 g/mol. The van der Waals surface area contributed by atoms with Crippen LogP contribution in [0.2, 0.25) is 0 Å². The molecule has 0 aromatic heterocycles. The molecule has 0 fully saturated rings. The van der Waals surface area contributed by atoms with Gasteiger partial charge < -0.3 is 0 Å². The highest BCUT2D eigenvalue weighted by molar-refractivity contribution is 5.41. The van der Waals surface area contributed by atoms with Crippen LogP contribution in [-0.2, 0) is 19.3 Å². The van der Waals surface area contributed by atoms with E-state index < -0.39 is 0 Å². The second-order valence-corrected chi connectivity index (χ2v) is 6.31. The Labute approximate surface area is 131 Å². The molecule has 0 radical (unpaired) electrons. The SMILES string of the molecule is Cc1ccc(CCC2CCc3c(ccc(C#N)c3F)C2)cc1. The smallest absolute Gasteiger partial charge is 0.144 e. The lowest BCUT2D eigenvalue weighted by Crippen LogP contribution is -2.17. The van der Waals surface area contributed by atoms with Crippen LogP contribution in [-0.4, -0.2) is 0 Å². The van der Waals surface area contributed by atoms with Crippen LogP contribution in [0.4, 0.5) is 4.39 Å². The standard InChI is InChI=1S/C20H20FN/c1-14-2-4-15(5-3-14)6-7-16-8-11-19-17(12-16)9-10-18(13-22)20(19)21/h2-5,9-10,16H,6-8,11-12H2,1H3. The molecule has 0 saturated carbocycles. The zero-order valence-corrected chi connectivity index (χ0v) is 12.9. The van der Waals surface area contributed by atoms with E-state index >= 15 is 0 Å². The van der Waals surface area contributed by atoms with Crippen molar-refractivity contribution in [2.75, 3.05) is 0 Å². The minimum atomic E-state index is -0.294. The van der Waals surface area contributed by atoms with Crippen LogP contribution in [0.15, 0.2) is 36.4 Å². The molecule has 1 nitrogen and oxygen atoms in total. The highest BCUT2D eigenvalue weighted by Gasteiger charge is 2.22. The number of hydrogen-bond acceptors (Lipinski definition) is 1. The van der Waals surface area contributed by atoms with Gasteiger partial charge >= 0.3 is 0 Å². The first-order valence-corrected chi connectivity index (χ1v) is 7.93. The van der Waals surface area contributed by atoms with E-state index in [9.17, 15) is 4.39 Å². The lowest BCUT2D eigenvalue weighted by Gasteiger charge is -2.25. The van der Waals surface area contributed by atoms with Gasteiger partial charge in [-0.1, -0.05) is 35.9 Å². The van der Waals surface area contributed by atoms with Gasteiger partial charge in [-0.3, -0.25) is 0 Å². The van der Waals surface area contributed by atoms with Crippen molar-refractivity contribution in [1.29, 1.82) is 5.26 Å². The Morgan fingerprint density at radius 2 is 1.95 bits per heavy atom. The minimum Gasteiger partial charge on any atom is -0.205 e. The molecule has 0 spiro atoms. The average Bonchev–Trinajstić information content (AvgIpc) is 2.55. The van der Waals surface area contributed by atoms with Crippen LogP contribution in [0.1, 0.15) is 40.7 Å². The van der Waals surface area contributed by atoms with Gasteiger partial charge in [0.05, 0.1) is 5.56 Å². The number of halogens is 1. The third kappa shape index (κ3) is 3.04. The second kappa shape index (κ2) is 6.32. The van der Waals surface area contributed by atoms with E-state index in [1.54, 1.807) is 6.07 Å². The Hall–Kier alpha value is -2.14. The zero-order chi connectivity index (χ0) is 15.5. The number of rotatable bonds is 3. The van der Waals surface area contributed by atoms with Gasteiger partial charge in [0.15, 0.2) is 0 Å². The van der Waals surface area contributed by atoms with Crippen molar-refractivity contribution in [3.8, 4) is 6.07 Å². The van der Waals surface area contributed by atoms with Crippen molar-refractivity contribution in [1.82, 2.24) is 0 Å². The number of nitrogens with zero attached hydrogens (tertiary/aromatic N) is 1. The molecule has 0 amide bonds. The van der Waals surface area contributed by atoms with Crippen LogP contribution in [0.3, 0.4) is 0 Å². The Morgan fingerprint density at radius 1 is 1.18 bits per heavy atom. The quantitative estimate of drug-likeness (QED) is 0.801. The third-order valence-corrected chi connectivity index (χ3v) is 4.73. The van der Waals surface area contributed by atoms with E-state index in [-0.39, 0.29) is 11.4 Å². The molecule has 0 heterocycles. The molecule has 2 heteroatoms. The van der Waals surface area contributed by atoms with Gasteiger partial charge in [0.25, 0.3) is 0 Å². The molecule has 1 aliphatic rings. The molecule has 112 valence electrons. The van der Waals surface area contributed by atoms with Crippen LogP contribution < -0.4 is 0 Å². The van der Waals surface area contributed by atoms with Crippen LogP contribution in [0, 0.1) is 30.0 Å². The van der Waals surface area contributed by atoms with E-state index in [1.807, 2.05) is 12.1 Å². The Kier molecular flexibility index (Phi) is 4.24. The number of fused-ring (bicyclic) bond motifs is 1. The van der Waals surface area contributed by atoms with Gasteiger partial charge in [0.2, 0.25) is 0 Å². The van der Waals surface area contributed by atoms with Gasteiger partial charge in [-0.15, -0.1) is 0 Å². The van der Waals surface area contributed by atoms with Gasteiger partial charge in [0.1, 0.15) is 11.9 Å². The Morgan fingerprint density at radius 3 is 2.68 bits per heavy atom. The number of benzene rings is 2. The minimum absolute atomic E-state index is 0.178. The lowest BCUT2D eigenvalue weighted by atomic mass is 9.80. The van der Waals surface area contributed by atoms with Crippen molar-refractivity contribution < 1.29 is 4.39 Å². The summed E-state index contributed by atoms with van der Waals surface area (Å²) >= 11 is 0. The van der Waals surface area contributed by atoms with E-state index in [1.165, 1.54) is 11.1 Å². The Balaban J connectivity index is 1.66. The highest BCUT2D eigenvalue weighted by atomic mass is 19.1. The molecule has 0 saturated heterocycles. The van der Waals surface area contributed by atoms with Gasteiger partial charge in [-0.2, -0.15) is 5.26 Å². The predicted molar refractivity (Wildman–Crippen MR) is 86.1 cm³/mol. The molecule has 1 atom stereocenters. The fourth-order valence-corrected chi connectivity index (χ4v) is 3.34. The fourth-order valence-electron chi connectivity index (χ4n) is 3.34. The maximum atomic E-state index is 14.1. The predicted octanol–water partition coefficient (Wildman–Crippen LogP) is 4.74. The first kappa shape index (κ1) is 14.8. The maximum Gasteiger partial charge on any atom is 0.144 e. The third-order valence-electron chi connectivity index (χ3n) is 4.73. The summed E-state index contributed by atoms with van der Waals surface area (Å²) < 4.78 is 14.1. The maximum absolute atomic E-state index is 14.1. The summed E-state index contributed by atoms with van der Waals surface area (Å²) in [7, 11) is 0. The largest absolute Gasteiger partial charge is 0.205 e. The molecule has 0 aliphatic heterocycles. The van der Waals surface area contributed by atoms with Crippen LogP contribution >= 0.6 is 0 Å². The summed E-state index contributed by atoms with van der Waals surface area (Å²) in [6, 6.07) is 14.2. The fraction of sp³-hybridized carbons (Fsp3) is 0.350. The average molecular weight is 293 g/mol. The van der Waals surface area contributed by atoms with Crippen molar-refractivity contribution in [3.63, 3.8) is 0 Å². The second-order valence-electron chi connectivity index (χ2n) is 6.31. The molecule has 0 N–H and O–H groups in total. The molecule has 3 rings (SSSR count). The van der Waals surface area contributed by atoms with Crippen molar-refractivity contribution >= 4 is 0 Å². The van der Waals surface area contributed by atoms with Crippen molar-refractivity contribution in [2.24, 2.45) is 5.92 Å². The van der Waals surface area contributed by atoms with Crippen molar-refractivity contribution in [3.05, 3.63) is 70.0 Å². The molecule has 2 aromatic carbocycles. The Bertz CT molecular complexity index is 710. The molecule has 2 aromatic rings. The molecule has 1 unspecified atom stereocenters. The van der Waals surface area contributed by atoms with E-state index in [0.717, 1.165) is 43.2 Å². The van der Waals surface area contributed by atoms with Gasteiger partial charge in [0, 0.05) is 0 Å². The number of hydrogen-bond donors (Lipinski definition) is 0. The summed E-state index contributed by atoms with van der Waals surface area (Å²) in [5.41, 5.74) is 4.71. The molecule has 1 aliphatic carbocycles. The summed E-state index contributed by atoms with van der Waals surface area (Å²) in [6.07, 6.45) is 4.94. The number of aryl methyl sites for hydroxylation is 2. The monoisotopic (exact) mass is 293 g/mol. The summed E-state index contributed by atoms with van der Waals surface area (Å²) in [5.74, 6) is 0.318. The molecule has 0 bridgehead atoms. The van der Waals surface area contributed by atoms with Gasteiger partial charge in [-0.05, 0) is 67.7 Å². The van der Waals surface area contributed by atoms with Crippen LogP contribution in [0.25, 0.3) is 0 Å². The van der Waals surface area contributed by atoms with E-state index in [2.05, 4.69) is 31.2 Å². The lowest BCUT2D eigenvalue weighted by molar-refractivity contribution is 0.418. The first-order valence-electron chi connectivity index (χ1n) is 7.93. The highest BCUT2D eigenvalue weighted by Crippen LogP contribution is 2.31. The van der Waals surface area contributed by atoms with E-state index in [0.29, 0.717) is 5.92 Å². The van der Waals surface area contributed by atoms with E-state index in [4.69, 9.17) is 5.26 Å². The number of nitriles is 1. The van der Waals surface area contributed by atoms with Crippen LogP contribution in [0.5, 0.6) is 0 Å². The molecule has 22 heavy (non-hydrogen) atoms. The summed E-state index contributed by atoms with van der Waals surface area (Å²) in [5, 5.41) is 8.91. The van der Waals surface area contributed by atoms with Crippen molar-refractivity contribution in [2.45, 2.75) is 39.0 Å².